The fourth-order valence-electron chi connectivity index (χ4n) is 3.52. The molecule has 1 atom stereocenters. The van der Waals surface area contributed by atoms with Crippen molar-refractivity contribution in [2.24, 2.45) is 0 Å². The summed E-state index contributed by atoms with van der Waals surface area (Å²) in [6.07, 6.45) is -5.06. The number of alkyl halides is 3. The number of hydrogen-bond acceptors (Lipinski definition) is 5. The molecule has 0 saturated heterocycles. The van der Waals surface area contributed by atoms with E-state index in [0.717, 1.165) is 12.1 Å². The Bertz CT molecular complexity index is 1250. The zero-order valence-electron chi connectivity index (χ0n) is 18.4. The van der Waals surface area contributed by atoms with Gasteiger partial charge in [-0.1, -0.05) is 0 Å². The molecule has 1 heterocycles. The van der Waals surface area contributed by atoms with Gasteiger partial charge in [0.1, 0.15) is 17.5 Å². The molecule has 0 spiro atoms. The molecule has 11 heteroatoms. The quantitative estimate of drug-likeness (QED) is 0.537. The van der Waals surface area contributed by atoms with Gasteiger partial charge in [0.15, 0.2) is 0 Å². The Labute approximate surface area is 191 Å². The Morgan fingerprint density at radius 2 is 1.71 bits per heavy atom. The van der Waals surface area contributed by atoms with Gasteiger partial charge in [-0.25, -0.2) is 0 Å². The third kappa shape index (κ3) is 5.30. The lowest BCUT2D eigenvalue weighted by molar-refractivity contribution is -0.274. The normalized spacial score (nSPS) is 12.3. The summed E-state index contributed by atoms with van der Waals surface area (Å²) in [5.74, 6) is -2.26. The second kappa shape index (κ2) is 9.46. The summed E-state index contributed by atoms with van der Waals surface area (Å²) >= 11 is 0. The molecule has 0 aliphatic heterocycles. The van der Waals surface area contributed by atoms with E-state index < -0.39 is 35.9 Å². The number of carbonyl (C=O) groups excluding carboxylic acids is 2. The number of aromatic nitrogens is 1. The van der Waals surface area contributed by atoms with Gasteiger partial charge in [-0.15, -0.1) is 13.2 Å². The molecular formula is C23H21F3N2O6. The van der Waals surface area contributed by atoms with E-state index in [1.165, 1.54) is 30.7 Å². The van der Waals surface area contributed by atoms with E-state index in [-0.39, 0.29) is 12.0 Å². The van der Waals surface area contributed by atoms with Crippen molar-refractivity contribution >= 4 is 28.7 Å². The van der Waals surface area contributed by atoms with Crippen LogP contribution in [-0.2, 0) is 16.0 Å². The van der Waals surface area contributed by atoms with Crippen LogP contribution in [0, 0.1) is 6.92 Å². The van der Waals surface area contributed by atoms with Crippen molar-refractivity contribution in [2.45, 2.75) is 32.7 Å². The minimum atomic E-state index is -4.86. The van der Waals surface area contributed by atoms with Crippen LogP contribution >= 0.6 is 0 Å². The number of benzene rings is 2. The summed E-state index contributed by atoms with van der Waals surface area (Å²) in [4.78, 5) is 36.8. The highest BCUT2D eigenvalue weighted by Gasteiger charge is 2.31. The Hall–Kier alpha value is -4.02. The molecular weight excluding hydrogens is 457 g/mol. The SMILES string of the molecule is COc1ccc2c(c1)c(CC(=O)NC(C)C(=O)O)c(C)n2C(=O)c1ccc(OC(F)(F)F)cc1. The van der Waals surface area contributed by atoms with Gasteiger partial charge in [-0.2, -0.15) is 0 Å². The number of amides is 1. The molecule has 1 aromatic heterocycles. The van der Waals surface area contributed by atoms with Gasteiger partial charge < -0.3 is 19.9 Å². The molecule has 8 nitrogen and oxygen atoms in total. The van der Waals surface area contributed by atoms with E-state index in [1.54, 1.807) is 25.1 Å². The molecule has 0 aliphatic rings. The maximum absolute atomic E-state index is 13.3. The van der Waals surface area contributed by atoms with E-state index in [4.69, 9.17) is 9.84 Å². The molecule has 0 fully saturated rings. The summed E-state index contributed by atoms with van der Waals surface area (Å²) in [5.41, 5.74) is 1.45. The van der Waals surface area contributed by atoms with Crippen LogP contribution in [0.15, 0.2) is 42.5 Å². The monoisotopic (exact) mass is 478 g/mol. The van der Waals surface area contributed by atoms with Crippen LogP contribution < -0.4 is 14.8 Å². The van der Waals surface area contributed by atoms with Crippen molar-refractivity contribution in [1.82, 2.24) is 9.88 Å². The Morgan fingerprint density at radius 1 is 1.09 bits per heavy atom. The minimum absolute atomic E-state index is 0.0980. The fourth-order valence-corrected chi connectivity index (χ4v) is 3.52. The first-order chi connectivity index (χ1) is 15.9. The molecule has 180 valence electrons. The molecule has 0 saturated carbocycles. The lowest BCUT2D eigenvalue weighted by Crippen LogP contribution is -2.39. The number of aliphatic carboxylic acids is 1. The van der Waals surface area contributed by atoms with Gasteiger partial charge in [0.2, 0.25) is 5.91 Å². The predicted molar refractivity (Wildman–Crippen MR) is 115 cm³/mol. The number of rotatable bonds is 7. The summed E-state index contributed by atoms with van der Waals surface area (Å²) < 4.78 is 47.7. The Balaban J connectivity index is 2.02. The lowest BCUT2D eigenvalue weighted by atomic mass is 10.1. The summed E-state index contributed by atoms with van der Waals surface area (Å²) in [7, 11) is 1.46. The molecule has 0 radical (unpaired) electrons. The molecule has 2 N–H and O–H groups in total. The number of halogens is 3. The zero-order chi connectivity index (χ0) is 25.2. The van der Waals surface area contributed by atoms with Crippen LogP contribution in [-0.4, -0.2) is 47.0 Å². The molecule has 0 aliphatic carbocycles. The molecule has 3 aromatic rings. The first-order valence-electron chi connectivity index (χ1n) is 10.0. The zero-order valence-corrected chi connectivity index (χ0v) is 18.4. The lowest BCUT2D eigenvalue weighted by Gasteiger charge is -2.11. The number of nitrogens with one attached hydrogen (secondary N) is 1. The molecule has 1 amide bonds. The Kier molecular flexibility index (Phi) is 6.85. The molecule has 3 rings (SSSR count). The van der Waals surface area contributed by atoms with Crippen molar-refractivity contribution in [2.75, 3.05) is 7.11 Å². The smallest absolute Gasteiger partial charge is 0.497 e. The minimum Gasteiger partial charge on any atom is -0.497 e. The second-order valence-electron chi connectivity index (χ2n) is 7.46. The van der Waals surface area contributed by atoms with Crippen molar-refractivity contribution in [3.63, 3.8) is 0 Å². The molecule has 1 unspecified atom stereocenters. The predicted octanol–water partition coefficient (Wildman–Crippen LogP) is 3.68. The van der Waals surface area contributed by atoms with Gasteiger partial charge in [-0.3, -0.25) is 19.0 Å². The summed E-state index contributed by atoms with van der Waals surface area (Å²) in [6, 6.07) is 8.28. The number of nitrogens with zero attached hydrogens (tertiary/aromatic N) is 1. The number of carbonyl (C=O) groups is 3. The molecule has 34 heavy (non-hydrogen) atoms. The Morgan fingerprint density at radius 3 is 2.26 bits per heavy atom. The van der Waals surface area contributed by atoms with Crippen LogP contribution in [0.1, 0.15) is 28.5 Å². The average Bonchev–Trinajstić information content (AvgIpc) is 3.03. The number of ether oxygens (including phenoxy) is 2. The van der Waals surface area contributed by atoms with E-state index in [1.807, 2.05) is 0 Å². The second-order valence-corrected chi connectivity index (χ2v) is 7.46. The van der Waals surface area contributed by atoms with Crippen molar-refractivity contribution in [3.8, 4) is 11.5 Å². The van der Waals surface area contributed by atoms with E-state index in [0.29, 0.717) is 27.9 Å². The van der Waals surface area contributed by atoms with Gasteiger partial charge in [-0.05, 0) is 61.9 Å². The number of carboxylic acids is 1. The van der Waals surface area contributed by atoms with Crippen LogP contribution in [0.4, 0.5) is 13.2 Å². The van der Waals surface area contributed by atoms with E-state index in [2.05, 4.69) is 10.1 Å². The number of carboxylic acid groups (broad SMARTS) is 1. The maximum Gasteiger partial charge on any atom is 0.573 e. The number of fused-ring (bicyclic) bond motifs is 1. The fraction of sp³-hybridized carbons (Fsp3) is 0.261. The van der Waals surface area contributed by atoms with Crippen LogP contribution in [0.25, 0.3) is 10.9 Å². The standard InChI is InChI=1S/C23H21F3N2O6/c1-12(22(31)32)27-20(29)11-17-13(2)28(19-9-8-16(33-3)10-18(17)19)21(30)14-4-6-15(7-5-14)34-23(24,25)26/h4-10,12H,11H2,1-3H3,(H,27,29)(H,31,32). The van der Waals surface area contributed by atoms with Crippen molar-refractivity contribution in [1.29, 1.82) is 0 Å². The topological polar surface area (TPSA) is 107 Å². The van der Waals surface area contributed by atoms with Gasteiger partial charge in [0.25, 0.3) is 5.91 Å². The van der Waals surface area contributed by atoms with Crippen LogP contribution in [0.2, 0.25) is 0 Å². The van der Waals surface area contributed by atoms with Crippen molar-refractivity contribution in [3.05, 3.63) is 59.3 Å². The molecule has 0 bridgehead atoms. The number of methoxy groups -OCH3 is 1. The first kappa shape index (κ1) is 24.6. The largest absolute Gasteiger partial charge is 0.573 e. The van der Waals surface area contributed by atoms with E-state index >= 15 is 0 Å². The van der Waals surface area contributed by atoms with Crippen LogP contribution in [0.5, 0.6) is 11.5 Å². The summed E-state index contributed by atoms with van der Waals surface area (Å²) in [5, 5.41) is 11.9. The molecule has 2 aromatic carbocycles. The third-order valence-electron chi connectivity index (χ3n) is 5.17. The number of hydrogen-bond donors (Lipinski definition) is 2. The van der Waals surface area contributed by atoms with Crippen LogP contribution in [0.3, 0.4) is 0 Å². The average molecular weight is 478 g/mol. The maximum atomic E-state index is 13.3. The highest BCUT2D eigenvalue weighted by molar-refractivity contribution is 6.05. The van der Waals surface area contributed by atoms with Gasteiger partial charge in [0.05, 0.1) is 19.0 Å². The highest BCUT2D eigenvalue weighted by Crippen LogP contribution is 2.31. The van der Waals surface area contributed by atoms with Gasteiger partial charge in [0, 0.05) is 16.6 Å². The highest BCUT2D eigenvalue weighted by atomic mass is 19.4. The van der Waals surface area contributed by atoms with Gasteiger partial charge >= 0.3 is 12.3 Å². The summed E-state index contributed by atoms with van der Waals surface area (Å²) in [6.45, 7) is 2.95. The van der Waals surface area contributed by atoms with E-state index in [9.17, 15) is 27.6 Å². The van der Waals surface area contributed by atoms with Crippen molar-refractivity contribution < 1.29 is 42.1 Å². The first-order valence-corrected chi connectivity index (χ1v) is 10.0. The third-order valence-corrected chi connectivity index (χ3v) is 5.17.